The van der Waals surface area contributed by atoms with E-state index in [1.165, 1.54) is 27.1 Å². The Bertz CT molecular complexity index is 1350. The summed E-state index contributed by atoms with van der Waals surface area (Å²) in [7, 11) is -2.15. The van der Waals surface area contributed by atoms with Crippen LogP contribution in [0, 0.1) is 11.8 Å². The van der Waals surface area contributed by atoms with Crippen molar-refractivity contribution in [3.8, 4) is 5.75 Å². The second-order valence-electron chi connectivity index (χ2n) is 8.98. The maximum absolute atomic E-state index is 13.2. The van der Waals surface area contributed by atoms with Gasteiger partial charge in [-0.2, -0.15) is 4.31 Å². The van der Waals surface area contributed by atoms with E-state index >= 15 is 0 Å². The normalized spacial score (nSPS) is 19.3. The van der Waals surface area contributed by atoms with Crippen LogP contribution in [0.1, 0.15) is 25.8 Å². The average Bonchev–Trinajstić information content (AvgIpc) is 3.11. The van der Waals surface area contributed by atoms with Crippen LogP contribution in [0.5, 0.6) is 5.75 Å². The molecule has 4 rings (SSSR count). The Kier molecular flexibility index (Phi) is 6.81. The van der Waals surface area contributed by atoms with Gasteiger partial charge >= 0.3 is 5.76 Å². The first kappa shape index (κ1) is 24.0. The number of rotatable bonds is 7. The third-order valence-corrected chi connectivity index (χ3v) is 7.87. The number of methoxy groups -OCH3 is 1. The van der Waals surface area contributed by atoms with Crippen LogP contribution in [0.25, 0.3) is 11.1 Å². The standard InChI is InChI=1S/C24H29N3O6S/c1-16-9-17(2)14-26(13-16)34(30,31)20-7-8-21-22(11-20)33-24(29)27(21)15-23(28)25-12-18-5-4-6-19(10-18)32-3/h4-8,10-11,16-17H,9,12-15H2,1-3H3,(H,25,28). The molecule has 1 aromatic heterocycles. The van der Waals surface area contributed by atoms with E-state index in [1.807, 2.05) is 38.1 Å². The number of sulfonamides is 1. The number of fused-ring (bicyclic) bond motifs is 1. The molecule has 2 atom stereocenters. The average molecular weight is 488 g/mol. The van der Waals surface area contributed by atoms with Crippen LogP contribution in [0.4, 0.5) is 0 Å². The van der Waals surface area contributed by atoms with E-state index in [2.05, 4.69) is 5.32 Å². The summed E-state index contributed by atoms with van der Waals surface area (Å²) in [6.07, 6.45) is 0.989. The van der Waals surface area contributed by atoms with E-state index in [-0.39, 0.29) is 41.3 Å². The summed E-state index contributed by atoms with van der Waals surface area (Å²) in [4.78, 5) is 25.0. The van der Waals surface area contributed by atoms with Crippen LogP contribution in [0.15, 0.2) is 56.6 Å². The highest BCUT2D eigenvalue weighted by atomic mass is 32.2. The number of hydrogen-bond donors (Lipinski definition) is 1. The number of carbonyl (C=O) groups is 1. The first-order valence-corrected chi connectivity index (χ1v) is 12.6. The van der Waals surface area contributed by atoms with Crippen molar-refractivity contribution in [3.05, 3.63) is 58.6 Å². The molecule has 2 unspecified atom stereocenters. The van der Waals surface area contributed by atoms with Gasteiger partial charge in [0.2, 0.25) is 15.9 Å². The summed E-state index contributed by atoms with van der Waals surface area (Å²) >= 11 is 0. The van der Waals surface area contributed by atoms with E-state index in [1.54, 1.807) is 7.11 Å². The first-order valence-electron chi connectivity index (χ1n) is 11.2. The summed E-state index contributed by atoms with van der Waals surface area (Å²) in [6, 6.07) is 11.6. The molecule has 1 aliphatic heterocycles. The van der Waals surface area contributed by atoms with E-state index < -0.39 is 15.8 Å². The summed E-state index contributed by atoms with van der Waals surface area (Å²) in [6.45, 7) is 5.03. The van der Waals surface area contributed by atoms with Gasteiger partial charge in [0.15, 0.2) is 5.58 Å². The predicted molar refractivity (Wildman–Crippen MR) is 127 cm³/mol. The third-order valence-electron chi connectivity index (χ3n) is 6.04. The summed E-state index contributed by atoms with van der Waals surface area (Å²) in [5, 5.41) is 2.77. The van der Waals surface area contributed by atoms with Gasteiger partial charge < -0.3 is 14.5 Å². The molecule has 182 valence electrons. The van der Waals surface area contributed by atoms with Gasteiger partial charge in [-0.05, 0) is 48.1 Å². The second kappa shape index (κ2) is 9.63. The topological polar surface area (TPSA) is 111 Å². The zero-order valence-electron chi connectivity index (χ0n) is 19.5. The van der Waals surface area contributed by atoms with Gasteiger partial charge in [-0.25, -0.2) is 13.2 Å². The molecule has 10 heteroatoms. The molecule has 1 N–H and O–H groups in total. The summed E-state index contributed by atoms with van der Waals surface area (Å²) in [5.74, 6) is 0.137. The number of nitrogens with one attached hydrogen (secondary N) is 1. The largest absolute Gasteiger partial charge is 0.497 e. The van der Waals surface area contributed by atoms with Crippen molar-refractivity contribution in [1.82, 2.24) is 14.2 Å². The molecule has 0 aliphatic carbocycles. The zero-order chi connectivity index (χ0) is 24.5. The van der Waals surface area contributed by atoms with Gasteiger partial charge in [-0.15, -0.1) is 0 Å². The molecule has 2 heterocycles. The van der Waals surface area contributed by atoms with E-state index in [4.69, 9.17) is 9.15 Å². The fourth-order valence-corrected chi connectivity index (χ4v) is 6.19. The lowest BCUT2D eigenvalue weighted by Crippen LogP contribution is -2.42. The second-order valence-corrected chi connectivity index (χ2v) is 10.9. The Morgan fingerprint density at radius 1 is 1.15 bits per heavy atom. The van der Waals surface area contributed by atoms with Gasteiger partial charge in [0.1, 0.15) is 12.3 Å². The van der Waals surface area contributed by atoms with E-state index in [0.717, 1.165) is 12.0 Å². The summed E-state index contributed by atoms with van der Waals surface area (Å²) in [5.41, 5.74) is 1.35. The molecular formula is C24H29N3O6S. The molecule has 0 spiro atoms. The van der Waals surface area contributed by atoms with Crippen molar-refractivity contribution in [2.75, 3.05) is 20.2 Å². The maximum Gasteiger partial charge on any atom is 0.420 e. The lowest BCUT2D eigenvalue weighted by atomic mass is 9.94. The SMILES string of the molecule is COc1cccc(CNC(=O)Cn2c(=O)oc3cc(S(=O)(=O)N4CC(C)CC(C)C4)ccc32)c1. The lowest BCUT2D eigenvalue weighted by Gasteiger charge is -2.34. The Balaban J connectivity index is 1.51. The Labute approximate surface area is 198 Å². The minimum Gasteiger partial charge on any atom is -0.497 e. The van der Waals surface area contributed by atoms with Gasteiger partial charge in [0, 0.05) is 25.7 Å². The number of nitrogens with zero attached hydrogens (tertiary/aromatic N) is 2. The van der Waals surface area contributed by atoms with Crippen LogP contribution in [0.2, 0.25) is 0 Å². The van der Waals surface area contributed by atoms with Crippen molar-refractivity contribution in [2.45, 2.75) is 38.3 Å². The first-order chi connectivity index (χ1) is 16.2. The molecule has 0 radical (unpaired) electrons. The van der Waals surface area contributed by atoms with Crippen LogP contribution in [-0.2, 0) is 27.9 Å². The minimum atomic E-state index is -3.72. The molecule has 1 saturated heterocycles. The number of piperidine rings is 1. The molecule has 2 aromatic carbocycles. The van der Waals surface area contributed by atoms with Crippen molar-refractivity contribution in [1.29, 1.82) is 0 Å². The van der Waals surface area contributed by atoms with Gasteiger partial charge in [0.25, 0.3) is 0 Å². The molecule has 1 aliphatic rings. The quantitative estimate of drug-likeness (QED) is 0.548. The smallest absolute Gasteiger partial charge is 0.420 e. The van der Waals surface area contributed by atoms with Gasteiger partial charge in [0.05, 0.1) is 17.5 Å². The molecular weight excluding hydrogens is 458 g/mol. The van der Waals surface area contributed by atoms with Crippen LogP contribution < -0.4 is 15.8 Å². The predicted octanol–water partition coefficient (Wildman–Crippen LogP) is 2.59. The molecule has 1 fully saturated rings. The lowest BCUT2D eigenvalue weighted by molar-refractivity contribution is -0.121. The molecule has 34 heavy (non-hydrogen) atoms. The number of aromatic nitrogens is 1. The number of oxazole rings is 1. The van der Waals surface area contributed by atoms with Crippen LogP contribution >= 0.6 is 0 Å². The fourth-order valence-electron chi connectivity index (χ4n) is 4.49. The van der Waals surface area contributed by atoms with E-state index in [9.17, 15) is 18.0 Å². The highest BCUT2D eigenvalue weighted by Gasteiger charge is 2.32. The van der Waals surface area contributed by atoms with Crippen molar-refractivity contribution in [3.63, 3.8) is 0 Å². The molecule has 0 bridgehead atoms. The fraction of sp³-hybridized carbons (Fsp3) is 0.417. The molecule has 1 amide bonds. The van der Waals surface area contributed by atoms with Gasteiger partial charge in [-0.3, -0.25) is 9.36 Å². The Morgan fingerprint density at radius 2 is 1.88 bits per heavy atom. The number of ether oxygens (including phenoxy) is 1. The maximum atomic E-state index is 13.2. The zero-order valence-corrected chi connectivity index (χ0v) is 20.3. The number of benzene rings is 2. The van der Waals surface area contributed by atoms with Crippen LogP contribution in [-0.4, -0.2) is 43.4 Å². The van der Waals surface area contributed by atoms with Gasteiger partial charge in [-0.1, -0.05) is 26.0 Å². The third kappa shape index (κ3) is 5.02. The number of hydrogen-bond acceptors (Lipinski definition) is 6. The van der Waals surface area contributed by atoms with Crippen molar-refractivity contribution >= 4 is 27.0 Å². The number of amides is 1. The molecule has 0 saturated carbocycles. The van der Waals surface area contributed by atoms with Crippen molar-refractivity contribution in [2.24, 2.45) is 11.8 Å². The Hall–Kier alpha value is -3.11. The Morgan fingerprint density at radius 3 is 2.59 bits per heavy atom. The van der Waals surface area contributed by atoms with Crippen LogP contribution in [0.3, 0.4) is 0 Å². The molecule has 3 aromatic rings. The highest BCUT2D eigenvalue weighted by molar-refractivity contribution is 7.89. The summed E-state index contributed by atoms with van der Waals surface area (Å²) < 4.78 is 39.5. The monoisotopic (exact) mass is 487 g/mol. The molecule has 9 nitrogen and oxygen atoms in total. The van der Waals surface area contributed by atoms with E-state index in [0.29, 0.717) is 24.4 Å². The minimum absolute atomic E-state index is 0.0738. The van der Waals surface area contributed by atoms with Crippen molar-refractivity contribution < 1.29 is 22.4 Å². The number of carbonyl (C=O) groups excluding carboxylic acids is 1. The highest BCUT2D eigenvalue weighted by Crippen LogP contribution is 2.28.